The Hall–Kier alpha value is -7.02. The number of hydrogen-bond donors (Lipinski definition) is 5. The lowest BCUT2D eigenvalue weighted by atomic mass is 10.1. The van der Waals surface area contributed by atoms with Crippen molar-refractivity contribution in [1.29, 1.82) is 0 Å². The molecule has 1 aliphatic carbocycles. The Morgan fingerprint density at radius 2 is 1.53 bits per heavy atom. The van der Waals surface area contributed by atoms with Crippen molar-refractivity contribution in [1.82, 2.24) is 30.6 Å². The molecule has 2 aromatic heterocycles. The lowest BCUT2D eigenvalue weighted by Gasteiger charge is -2.19. The molecule has 2 heterocycles. The van der Waals surface area contributed by atoms with Gasteiger partial charge < -0.3 is 40.8 Å². The molecule has 20 heteroatoms. The first-order chi connectivity index (χ1) is 27.8. The SMILES string of the molecule is COC(=O)[C@H](CNC(=O)C(=O)Nc1ccc(Oc2cccnc2)cc1)NC(=O)c1ccc(Nc2nc(NC3(c4ccc(Cl)cc4)CC3)nc(OCC(F)(F)F)n2)cc1. The summed E-state index contributed by atoms with van der Waals surface area (Å²) in [7, 11) is 1.09. The molecule has 5 aromatic rings. The largest absolute Gasteiger partial charge is 0.467 e. The summed E-state index contributed by atoms with van der Waals surface area (Å²) in [4.78, 5) is 67.0. The Morgan fingerprint density at radius 3 is 2.17 bits per heavy atom. The van der Waals surface area contributed by atoms with Crippen LogP contribution in [0.15, 0.2) is 97.3 Å². The highest BCUT2D eigenvalue weighted by Crippen LogP contribution is 2.48. The minimum absolute atomic E-state index is 0.0436. The number of pyridine rings is 1. The molecule has 3 amide bonds. The summed E-state index contributed by atoms with van der Waals surface area (Å²) in [5.41, 5.74) is 1.00. The number of methoxy groups -OCH3 is 1. The van der Waals surface area contributed by atoms with Crippen LogP contribution in [-0.2, 0) is 24.7 Å². The quantitative estimate of drug-likeness (QED) is 0.0652. The van der Waals surface area contributed by atoms with E-state index in [9.17, 15) is 32.3 Å². The normalized spacial score (nSPS) is 13.3. The molecule has 0 bridgehead atoms. The van der Waals surface area contributed by atoms with E-state index in [4.69, 9.17) is 25.8 Å². The standard InChI is InChI=1S/C38H33ClF3N9O7/c1-56-33(55)29(20-44-31(53)32(54)45-25-12-14-27(15-13-25)58-28-3-2-18-43-19-28)47-30(52)22-4-10-26(11-5-22)46-34-48-35(50-36(49-34)57-21-38(40,41)42)51-37(16-17-37)23-6-8-24(39)9-7-23/h2-15,18-19,29H,16-17,20-21H2,1H3,(H,44,53)(H,45,54)(H,47,52)(H2,46,48,49,50,51)/t29-/m0/s1. The number of carbonyl (C=O) groups excluding carboxylic acids is 4. The number of nitrogens with one attached hydrogen (secondary N) is 5. The second-order valence-electron chi connectivity index (χ2n) is 12.6. The monoisotopic (exact) mass is 819 g/mol. The lowest BCUT2D eigenvalue weighted by Crippen LogP contribution is -2.50. The average Bonchev–Trinajstić information content (AvgIpc) is 3.99. The molecule has 0 radical (unpaired) electrons. The van der Waals surface area contributed by atoms with Crippen molar-refractivity contribution >= 4 is 58.6 Å². The minimum Gasteiger partial charge on any atom is -0.467 e. The Kier molecular flexibility index (Phi) is 12.5. The predicted molar refractivity (Wildman–Crippen MR) is 203 cm³/mol. The molecule has 58 heavy (non-hydrogen) atoms. The molecule has 0 unspecified atom stereocenters. The van der Waals surface area contributed by atoms with Gasteiger partial charge in [-0.3, -0.25) is 19.4 Å². The molecule has 0 saturated heterocycles. The van der Waals surface area contributed by atoms with Gasteiger partial charge in [0.05, 0.1) is 18.8 Å². The summed E-state index contributed by atoms with van der Waals surface area (Å²) >= 11 is 6.03. The number of hydrogen-bond acceptors (Lipinski definition) is 13. The van der Waals surface area contributed by atoms with E-state index in [2.05, 4.69) is 46.5 Å². The van der Waals surface area contributed by atoms with Crippen LogP contribution in [0.3, 0.4) is 0 Å². The van der Waals surface area contributed by atoms with Gasteiger partial charge in [0.15, 0.2) is 6.61 Å². The molecular weight excluding hydrogens is 787 g/mol. The zero-order chi connectivity index (χ0) is 41.3. The van der Waals surface area contributed by atoms with E-state index in [-0.39, 0.29) is 23.1 Å². The molecule has 1 fully saturated rings. The molecule has 6 rings (SSSR count). The Morgan fingerprint density at radius 1 is 0.845 bits per heavy atom. The molecule has 16 nitrogen and oxygen atoms in total. The number of aromatic nitrogens is 4. The van der Waals surface area contributed by atoms with Crippen LogP contribution in [-0.4, -0.2) is 76.1 Å². The summed E-state index contributed by atoms with van der Waals surface area (Å²) in [6, 6.07) is 20.4. The smallest absolute Gasteiger partial charge is 0.422 e. The van der Waals surface area contributed by atoms with Crippen LogP contribution in [0.2, 0.25) is 5.02 Å². The van der Waals surface area contributed by atoms with E-state index in [0.29, 0.717) is 35.1 Å². The highest BCUT2D eigenvalue weighted by atomic mass is 35.5. The molecule has 3 aromatic carbocycles. The van der Waals surface area contributed by atoms with Crippen LogP contribution < -0.4 is 36.1 Å². The summed E-state index contributed by atoms with van der Waals surface area (Å²) in [5, 5.41) is 13.8. The van der Waals surface area contributed by atoms with Crippen LogP contribution in [0.5, 0.6) is 17.5 Å². The van der Waals surface area contributed by atoms with Crippen molar-refractivity contribution in [3.8, 4) is 17.5 Å². The third-order valence-corrected chi connectivity index (χ3v) is 8.58. The first-order valence-corrected chi connectivity index (χ1v) is 17.7. The molecule has 300 valence electrons. The predicted octanol–water partition coefficient (Wildman–Crippen LogP) is 5.52. The van der Waals surface area contributed by atoms with Gasteiger partial charge in [-0.1, -0.05) is 23.7 Å². The van der Waals surface area contributed by atoms with Gasteiger partial charge in [-0.25, -0.2) is 4.79 Å². The number of amides is 3. The van der Waals surface area contributed by atoms with E-state index in [1.807, 2.05) is 12.1 Å². The van der Waals surface area contributed by atoms with Gasteiger partial charge in [-0.2, -0.15) is 28.1 Å². The first kappa shape index (κ1) is 40.6. The number of esters is 1. The maximum Gasteiger partial charge on any atom is 0.422 e. The summed E-state index contributed by atoms with van der Waals surface area (Å²) in [6.45, 7) is -2.12. The number of anilines is 4. The molecular formula is C38H33ClF3N9O7. The van der Waals surface area contributed by atoms with Crippen molar-refractivity contribution in [2.75, 3.05) is 36.2 Å². The topological polar surface area (TPSA) is 208 Å². The van der Waals surface area contributed by atoms with E-state index >= 15 is 0 Å². The molecule has 0 aliphatic heterocycles. The molecule has 1 saturated carbocycles. The van der Waals surface area contributed by atoms with E-state index in [1.54, 1.807) is 42.6 Å². The van der Waals surface area contributed by atoms with E-state index in [0.717, 1.165) is 12.7 Å². The van der Waals surface area contributed by atoms with Gasteiger partial charge in [0.25, 0.3) is 5.91 Å². The fraction of sp³-hybridized carbons (Fsp3) is 0.211. The van der Waals surface area contributed by atoms with Crippen LogP contribution in [0, 0.1) is 0 Å². The molecule has 5 N–H and O–H groups in total. The number of alkyl halides is 3. The summed E-state index contributed by atoms with van der Waals surface area (Å²) in [6.07, 6.45) is -0.121. The number of ether oxygens (including phenoxy) is 3. The average molecular weight is 820 g/mol. The Bertz CT molecular complexity index is 2250. The van der Waals surface area contributed by atoms with Gasteiger partial charge in [0.1, 0.15) is 17.5 Å². The third-order valence-electron chi connectivity index (χ3n) is 8.33. The fourth-order valence-corrected chi connectivity index (χ4v) is 5.42. The zero-order valence-electron chi connectivity index (χ0n) is 30.3. The van der Waals surface area contributed by atoms with Crippen LogP contribution in [0.4, 0.5) is 36.4 Å². The van der Waals surface area contributed by atoms with Gasteiger partial charge in [-0.05, 0) is 91.2 Å². The third kappa shape index (κ3) is 11.3. The highest BCUT2D eigenvalue weighted by Gasteiger charge is 2.45. The van der Waals surface area contributed by atoms with E-state index in [1.165, 1.54) is 42.6 Å². The van der Waals surface area contributed by atoms with Gasteiger partial charge in [0.2, 0.25) is 11.9 Å². The second-order valence-corrected chi connectivity index (χ2v) is 13.1. The van der Waals surface area contributed by atoms with E-state index < -0.39 is 60.6 Å². The molecule has 1 aliphatic rings. The van der Waals surface area contributed by atoms with Crippen LogP contribution in [0.25, 0.3) is 0 Å². The number of halogens is 4. The Labute approximate surface area is 332 Å². The highest BCUT2D eigenvalue weighted by molar-refractivity contribution is 6.39. The number of benzene rings is 3. The summed E-state index contributed by atoms with van der Waals surface area (Å²) in [5.74, 6) is -2.98. The van der Waals surface area contributed by atoms with Crippen LogP contribution >= 0.6 is 11.6 Å². The fourth-order valence-electron chi connectivity index (χ4n) is 5.30. The van der Waals surface area contributed by atoms with Crippen molar-refractivity contribution in [2.24, 2.45) is 0 Å². The maximum absolute atomic E-state index is 13.1. The van der Waals surface area contributed by atoms with Crippen molar-refractivity contribution in [2.45, 2.75) is 30.6 Å². The maximum atomic E-state index is 13.1. The Balaban J connectivity index is 1.05. The van der Waals surface area contributed by atoms with Crippen molar-refractivity contribution in [3.05, 3.63) is 113 Å². The first-order valence-electron chi connectivity index (χ1n) is 17.3. The number of carbonyl (C=O) groups is 4. The summed E-state index contributed by atoms with van der Waals surface area (Å²) < 4.78 is 54.2. The zero-order valence-corrected chi connectivity index (χ0v) is 31.1. The van der Waals surface area contributed by atoms with Gasteiger partial charge >= 0.3 is 30.0 Å². The molecule has 0 spiro atoms. The second kappa shape index (κ2) is 17.8. The number of nitrogens with zero attached hydrogens (tertiary/aromatic N) is 4. The minimum atomic E-state index is -4.65. The van der Waals surface area contributed by atoms with Crippen molar-refractivity contribution < 1.29 is 46.6 Å². The van der Waals surface area contributed by atoms with Crippen LogP contribution in [0.1, 0.15) is 28.8 Å². The van der Waals surface area contributed by atoms with Gasteiger partial charge in [-0.15, -0.1) is 0 Å². The molecule has 1 atom stereocenters. The van der Waals surface area contributed by atoms with Gasteiger partial charge in [0, 0.05) is 34.7 Å². The van der Waals surface area contributed by atoms with Crippen molar-refractivity contribution in [3.63, 3.8) is 0 Å². The lowest BCUT2D eigenvalue weighted by molar-refractivity contribution is -0.154. The number of rotatable bonds is 15.